The Morgan fingerprint density at radius 1 is 0.905 bits per heavy atom. The van der Waals surface area contributed by atoms with Crippen molar-refractivity contribution in [3.8, 4) is 5.75 Å². The van der Waals surface area contributed by atoms with E-state index >= 15 is 0 Å². The second-order valence-corrected chi connectivity index (χ2v) is 8.23. The lowest BCUT2D eigenvalue weighted by Gasteiger charge is -2.33. The molecule has 1 aromatic rings. The lowest BCUT2D eigenvalue weighted by molar-refractivity contribution is 0.283. The number of thiol groups is 1. The predicted octanol–water partition coefficient (Wildman–Crippen LogP) is 5.88. The molecule has 0 saturated carbocycles. The van der Waals surface area contributed by atoms with Gasteiger partial charge in [0.2, 0.25) is 0 Å². The van der Waals surface area contributed by atoms with Crippen molar-refractivity contribution >= 4 is 12.6 Å². The minimum Gasteiger partial charge on any atom is -0.494 e. The van der Waals surface area contributed by atoms with Crippen LogP contribution in [0.5, 0.6) is 5.75 Å². The molecule has 0 amide bonds. The summed E-state index contributed by atoms with van der Waals surface area (Å²) in [5.41, 5.74) is 1.93. The number of unbranched alkanes of at least 4 members (excludes halogenated alkanes) is 2. The van der Waals surface area contributed by atoms with Crippen molar-refractivity contribution in [1.29, 1.82) is 0 Å². The van der Waals surface area contributed by atoms with E-state index in [1.165, 1.54) is 24.8 Å². The van der Waals surface area contributed by atoms with Gasteiger partial charge in [-0.1, -0.05) is 46.8 Å². The maximum atomic E-state index is 5.80. The Morgan fingerprint density at radius 3 is 2.05 bits per heavy atom. The fourth-order valence-corrected chi connectivity index (χ4v) is 3.23. The zero-order chi connectivity index (χ0) is 15.9. The highest BCUT2D eigenvalue weighted by molar-refractivity contribution is 7.80. The third kappa shape index (κ3) is 7.26. The SMILES string of the molecule is CC(C)(C)CC(C)(C)c1ccc(OCCCCCS)cc1. The van der Waals surface area contributed by atoms with E-state index in [9.17, 15) is 0 Å². The fraction of sp³-hybridized carbons (Fsp3) is 0.684. The summed E-state index contributed by atoms with van der Waals surface area (Å²) >= 11 is 4.22. The summed E-state index contributed by atoms with van der Waals surface area (Å²) in [5, 5.41) is 0. The number of hydrogen-bond donors (Lipinski definition) is 1. The largest absolute Gasteiger partial charge is 0.494 e. The van der Waals surface area contributed by atoms with Crippen molar-refractivity contribution in [2.45, 2.75) is 65.7 Å². The lowest BCUT2D eigenvalue weighted by atomic mass is 9.72. The van der Waals surface area contributed by atoms with Gasteiger partial charge < -0.3 is 4.74 Å². The van der Waals surface area contributed by atoms with Crippen LogP contribution < -0.4 is 4.74 Å². The normalized spacial score (nSPS) is 12.5. The van der Waals surface area contributed by atoms with Gasteiger partial charge in [0.25, 0.3) is 0 Å². The van der Waals surface area contributed by atoms with Gasteiger partial charge in [0.1, 0.15) is 5.75 Å². The summed E-state index contributed by atoms with van der Waals surface area (Å²) in [7, 11) is 0. The van der Waals surface area contributed by atoms with Crippen molar-refractivity contribution in [2.24, 2.45) is 5.41 Å². The van der Waals surface area contributed by atoms with Crippen LogP contribution in [-0.4, -0.2) is 12.4 Å². The molecule has 1 aromatic carbocycles. The standard InChI is InChI=1S/C19H32OS/c1-18(2,3)15-19(4,5)16-9-11-17(12-10-16)20-13-7-6-8-14-21/h9-12,21H,6-8,13-15H2,1-5H3. The average Bonchev–Trinajstić information content (AvgIpc) is 2.36. The first-order chi connectivity index (χ1) is 9.74. The molecule has 0 heterocycles. The van der Waals surface area contributed by atoms with Crippen LogP contribution in [0.4, 0.5) is 0 Å². The molecule has 21 heavy (non-hydrogen) atoms. The molecule has 0 aliphatic heterocycles. The van der Waals surface area contributed by atoms with Gasteiger partial charge in [-0.15, -0.1) is 0 Å². The van der Waals surface area contributed by atoms with Gasteiger partial charge in [0.05, 0.1) is 6.61 Å². The topological polar surface area (TPSA) is 9.23 Å². The van der Waals surface area contributed by atoms with E-state index in [1.807, 2.05) is 0 Å². The van der Waals surface area contributed by atoms with Crippen molar-refractivity contribution in [1.82, 2.24) is 0 Å². The molecule has 0 atom stereocenters. The minimum atomic E-state index is 0.198. The summed E-state index contributed by atoms with van der Waals surface area (Å²) in [5.74, 6) is 1.95. The van der Waals surface area contributed by atoms with Gasteiger partial charge in [-0.05, 0) is 60.0 Å². The minimum absolute atomic E-state index is 0.198. The number of hydrogen-bond acceptors (Lipinski definition) is 2. The fourth-order valence-electron chi connectivity index (χ4n) is 3.01. The molecule has 0 fully saturated rings. The molecule has 120 valence electrons. The van der Waals surface area contributed by atoms with E-state index in [-0.39, 0.29) is 5.41 Å². The highest BCUT2D eigenvalue weighted by Gasteiger charge is 2.27. The molecule has 0 bridgehead atoms. The van der Waals surface area contributed by atoms with E-state index in [2.05, 4.69) is 71.5 Å². The van der Waals surface area contributed by atoms with Crippen LogP contribution >= 0.6 is 12.6 Å². The zero-order valence-electron chi connectivity index (χ0n) is 14.4. The Labute approximate surface area is 136 Å². The van der Waals surface area contributed by atoms with Crippen LogP contribution in [0.25, 0.3) is 0 Å². The molecule has 0 N–H and O–H groups in total. The molecule has 0 aliphatic carbocycles. The first-order valence-electron chi connectivity index (χ1n) is 8.09. The summed E-state index contributed by atoms with van der Waals surface area (Å²) in [6.45, 7) is 12.4. The van der Waals surface area contributed by atoms with Gasteiger partial charge in [-0.25, -0.2) is 0 Å². The number of ether oxygens (including phenoxy) is 1. The molecule has 2 heteroatoms. The van der Waals surface area contributed by atoms with Gasteiger partial charge in [-0.3, -0.25) is 0 Å². The van der Waals surface area contributed by atoms with Crippen molar-refractivity contribution in [2.75, 3.05) is 12.4 Å². The molecule has 0 radical (unpaired) electrons. The number of rotatable bonds is 8. The maximum Gasteiger partial charge on any atom is 0.119 e. The lowest BCUT2D eigenvalue weighted by Crippen LogP contribution is -2.24. The van der Waals surface area contributed by atoms with Crippen molar-refractivity contribution < 1.29 is 4.74 Å². The van der Waals surface area contributed by atoms with Gasteiger partial charge in [0.15, 0.2) is 0 Å². The van der Waals surface area contributed by atoms with Crippen LogP contribution in [0, 0.1) is 5.41 Å². The second-order valence-electron chi connectivity index (χ2n) is 7.78. The average molecular weight is 309 g/mol. The summed E-state index contributed by atoms with van der Waals surface area (Å²) in [6.07, 6.45) is 4.65. The van der Waals surface area contributed by atoms with E-state index in [0.29, 0.717) is 5.41 Å². The van der Waals surface area contributed by atoms with E-state index in [4.69, 9.17) is 4.74 Å². The maximum absolute atomic E-state index is 5.80. The highest BCUT2D eigenvalue weighted by Crippen LogP contribution is 2.36. The Balaban J connectivity index is 2.53. The molecule has 0 aromatic heterocycles. The second kappa shape index (κ2) is 8.12. The van der Waals surface area contributed by atoms with Crippen LogP contribution in [-0.2, 0) is 5.41 Å². The van der Waals surface area contributed by atoms with Crippen LogP contribution in [0.1, 0.15) is 65.9 Å². The van der Waals surface area contributed by atoms with Crippen LogP contribution in [0.15, 0.2) is 24.3 Å². The van der Waals surface area contributed by atoms with Crippen LogP contribution in [0.2, 0.25) is 0 Å². The van der Waals surface area contributed by atoms with E-state index in [1.54, 1.807) is 0 Å². The summed E-state index contributed by atoms with van der Waals surface area (Å²) in [6, 6.07) is 8.65. The van der Waals surface area contributed by atoms with Gasteiger partial charge >= 0.3 is 0 Å². The summed E-state index contributed by atoms with van der Waals surface area (Å²) < 4.78 is 5.80. The molecule has 0 unspecified atom stereocenters. The molecule has 0 aliphatic rings. The summed E-state index contributed by atoms with van der Waals surface area (Å²) in [4.78, 5) is 0. The van der Waals surface area contributed by atoms with Gasteiger partial charge in [0, 0.05) is 0 Å². The zero-order valence-corrected chi connectivity index (χ0v) is 15.3. The highest BCUT2D eigenvalue weighted by atomic mass is 32.1. The molecule has 1 nitrogen and oxygen atoms in total. The van der Waals surface area contributed by atoms with E-state index < -0.39 is 0 Å². The smallest absolute Gasteiger partial charge is 0.119 e. The molecule has 0 spiro atoms. The monoisotopic (exact) mass is 308 g/mol. The molecule has 1 rings (SSSR count). The Hall–Kier alpha value is -0.630. The first-order valence-corrected chi connectivity index (χ1v) is 8.72. The molecular weight excluding hydrogens is 276 g/mol. The van der Waals surface area contributed by atoms with Gasteiger partial charge in [-0.2, -0.15) is 12.6 Å². The third-order valence-corrected chi connectivity index (χ3v) is 4.00. The molecular formula is C19H32OS. The Morgan fingerprint density at radius 2 is 1.52 bits per heavy atom. The van der Waals surface area contributed by atoms with Crippen molar-refractivity contribution in [3.63, 3.8) is 0 Å². The first kappa shape index (κ1) is 18.4. The van der Waals surface area contributed by atoms with Crippen LogP contribution in [0.3, 0.4) is 0 Å². The quantitative estimate of drug-likeness (QED) is 0.466. The molecule has 0 saturated heterocycles. The van der Waals surface area contributed by atoms with Crippen molar-refractivity contribution in [3.05, 3.63) is 29.8 Å². The predicted molar refractivity (Wildman–Crippen MR) is 96.7 cm³/mol. The number of benzene rings is 1. The Bertz CT molecular complexity index is 401. The van der Waals surface area contributed by atoms with E-state index in [0.717, 1.165) is 24.5 Å². The Kier molecular flexibility index (Phi) is 7.12. The third-order valence-electron chi connectivity index (χ3n) is 3.68.